The van der Waals surface area contributed by atoms with Gasteiger partial charge in [0.2, 0.25) is 5.88 Å². The Balaban J connectivity index is 2.24. The van der Waals surface area contributed by atoms with Crippen LogP contribution in [0.25, 0.3) is 0 Å². The molecule has 1 heterocycles. The first-order valence-electron chi connectivity index (χ1n) is 5.04. The summed E-state index contributed by atoms with van der Waals surface area (Å²) < 4.78 is 5.53. The molecule has 0 aliphatic carbocycles. The summed E-state index contributed by atoms with van der Waals surface area (Å²) in [5.74, 6) is 1.05. The van der Waals surface area contributed by atoms with Crippen LogP contribution in [0.1, 0.15) is 15.9 Å². The number of hydrogen-bond acceptors (Lipinski definition) is 3. The van der Waals surface area contributed by atoms with Crippen molar-refractivity contribution in [3.05, 3.63) is 52.7 Å². The van der Waals surface area contributed by atoms with E-state index in [0.29, 0.717) is 28.5 Å². The Labute approximate surface area is 104 Å². The molecule has 0 aliphatic rings. The van der Waals surface area contributed by atoms with Crippen LogP contribution < -0.4 is 4.74 Å². The summed E-state index contributed by atoms with van der Waals surface area (Å²) in [6.07, 6.45) is 2.38. The molecule has 0 fully saturated rings. The molecule has 2 aromatic rings. The molecule has 3 nitrogen and oxygen atoms in total. The van der Waals surface area contributed by atoms with Gasteiger partial charge in [-0.25, -0.2) is 4.98 Å². The maximum absolute atomic E-state index is 10.6. The summed E-state index contributed by atoms with van der Waals surface area (Å²) in [5.41, 5.74) is 1.50. The molecule has 17 heavy (non-hydrogen) atoms. The lowest BCUT2D eigenvalue weighted by atomic mass is 10.2. The van der Waals surface area contributed by atoms with Gasteiger partial charge in [0.15, 0.2) is 6.29 Å². The molecule has 0 radical (unpaired) electrons. The van der Waals surface area contributed by atoms with Crippen molar-refractivity contribution in [2.24, 2.45) is 0 Å². The van der Waals surface area contributed by atoms with E-state index in [1.807, 2.05) is 19.1 Å². The van der Waals surface area contributed by atoms with Crippen molar-refractivity contribution >= 4 is 17.9 Å². The van der Waals surface area contributed by atoms with Gasteiger partial charge in [-0.05, 0) is 30.7 Å². The summed E-state index contributed by atoms with van der Waals surface area (Å²) >= 11 is 5.90. The van der Waals surface area contributed by atoms with Crippen molar-refractivity contribution in [3.8, 4) is 11.6 Å². The van der Waals surface area contributed by atoms with Crippen molar-refractivity contribution in [1.82, 2.24) is 4.98 Å². The average molecular weight is 248 g/mol. The van der Waals surface area contributed by atoms with Gasteiger partial charge in [0, 0.05) is 23.9 Å². The summed E-state index contributed by atoms with van der Waals surface area (Å²) in [6, 6.07) is 8.59. The zero-order chi connectivity index (χ0) is 12.3. The Hall–Kier alpha value is -1.87. The third-order valence-corrected chi connectivity index (χ3v) is 2.54. The van der Waals surface area contributed by atoms with Crippen molar-refractivity contribution in [2.45, 2.75) is 6.92 Å². The summed E-state index contributed by atoms with van der Waals surface area (Å²) in [7, 11) is 0. The first-order chi connectivity index (χ1) is 8.19. The van der Waals surface area contributed by atoms with Gasteiger partial charge in [-0.3, -0.25) is 4.79 Å². The van der Waals surface area contributed by atoms with Gasteiger partial charge in [-0.15, -0.1) is 0 Å². The summed E-state index contributed by atoms with van der Waals surface area (Å²) in [6.45, 7) is 1.96. The molecule has 2 rings (SSSR count). The van der Waals surface area contributed by atoms with E-state index in [1.54, 1.807) is 24.4 Å². The van der Waals surface area contributed by atoms with Crippen molar-refractivity contribution < 1.29 is 9.53 Å². The molecule has 0 amide bonds. The first-order valence-corrected chi connectivity index (χ1v) is 5.42. The molecule has 0 saturated carbocycles. The zero-order valence-electron chi connectivity index (χ0n) is 9.18. The molecule has 1 aromatic heterocycles. The number of aldehydes is 1. The average Bonchev–Trinajstić information content (AvgIpc) is 2.29. The lowest BCUT2D eigenvalue weighted by molar-refractivity contribution is 0.112. The lowest BCUT2D eigenvalue weighted by Gasteiger charge is -2.06. The molecule has 0 atom stereocenters. The number of carbonyl (C=O) groups is 1. The van der Waals surface area contributed by atoms with Crippen LogP contribution in [0.15, 0.2) is 36.5 Å². The molecule has 0 aliphatic heterocycles. The Kier molecular flexibility index (Phi) is 3.40. The number of nitrogens with zero attached hydrogens (tertiary/aromatic N) is 1. The van der Waals surface area contributed by atoms with Gasteiger partial charge >= 0.3 is 0 Å². The fraction of sp³-hybridized carbons (Fsp3) is 0.0769. The molecular weight excluding hydrogens is 238 g/mol. The van der Waals surface area contributed by atoms with Crippen LogP contribution in [0.3, 0.4) is 0 Å². The minimum atomic E-state index is 0.366. The number of aryl methyl sites for hydroxylation is 1. The van der Waals surface area contributed by atoms with Gasteiger partial charge in [0.25, 0.3) is 0 Å². The number of rotatable bonds is 3. The van der Waals surface area contributed by atoms with Gasteiger partial charge in [-0.2, -0.15) is 0 Å². The van der Waals surface area contributed by atoms with Crippen molar-refractivity contribution in [3.63, 3.8) is 0 Å². The molecular formula is C13H10ClNO2. The lowest BCUT2D eigenvalue weighted by Crippen LogP contribution is -1.89. The van der Waals surface area contributed by atoms with E-state index >= 15 is 0 Å². The van der Waals surface area contributed by atoms with Crippen LogP contribution in [0.2, 0.25) is 5.02 Å². The molecule has 4 heteroatoms. The van der Waals surface area contributed by atoms with E-state index in [4.69, 9.17) is 16.3 Å². The standard InChI is InChI=1S/C13H10ClNO2/c1-9-4-5-15-13(6-9)17-11-3-2-10(8-16)12(14)7-11/h2-8H,1H3. The Morgan fingerprint density at radius 1 is 1.29 bits per heavy atom. The maximum atomic E-state index is 10.6. The molecule has 0 bridgehead atoms. The van der Waals surface area contributed by atoms with Crippen LogP contribution in [-0.4, -0.2) is 11.3 Å². The van der Waals surface area contributed by atoms with E-state index in [1.165, 1.54) is 0 Å². The zero-order valence-corrected chi connectivity index (χ0v) is 9.94. The molecule has 0 N–H and O–H groups in total. The van der Waals surface area contributed by atoms with Crippen LogP contribution >= 0.6 is 11.6 Å². The van der Waals surface area contributed by atoms with Crippen LogP contribution in [0.5, 0.6) is 11.6 Å². The highest BCUT2D eigenvalue weighted by Crippen LogP contribution is 2.25. The van der Waals surface area contributed by atoms with E-state index < -0.39 is 0 Å². The van der Waals surface area contributed by atoms with Gasteiger partial charge in [-0.1, -0.05) is 11.6 Å². The van der Waals surface area contributed by atoms with Crippen LogP contribution in [0.4, 0.5) is 0 Å². The number of benzene rings is 1. The van der Waals surface area contributed by atoms with Crippen molar-refractivity contribution in [2.75, 3.05) is 0 Å². The number of halogens is 1. The van der Waals surface area contributed by atoms with Gasteiger partial charge in [0.1, 0.15) is 5.75 Å². The molecule has 0 saturated heterocycles. The molecule has 1 aromatic carbocycles. The Bertz CT molecular complexity index is 555. The molecule has 0 spiro atoms. The normalized spacial score (nSPS) is 10.0. The third-order valence-electron chi connectivity index (χ3n) is 2.21. The highest BCUT2D eigenvalue weighted by atomic mass is 35.5. The number of carbonyl (C=O) groups excluding carboxylic acids is 1. The minimum absolute atomic E-state index is 0.366. The monoisotopic (exact) mass is 247 g/mol. The first kappa shape index (κ1) is 11.6. The summed E-state index contributed by atoms with van der Waals surface area (Å²) in [5, 5.41) is 0.366. The number of hydrogen-bond donors (Lipinski definition) is 0. The Morgan fingerprint density at radius 3 is 2.76 bits per heavy atom. The molecule has 0 unspecified atom stereocenters. The van der Waals surface area contributed by atoms with Crippen molar-refractivity contribution in [1.29, 1.82) is 0 Å². The third kappa shape index (κ3) is 2.82. The van der Waals surface area contributed by atoms with E-state index in [0.717, 1.165) is 5.56 Å². The number of aromatic nitrogens is 1. The van der Waals surface area contributed by atoms with E-state index in [9.17, 15) is 4.79 Å². The topological polar surface area (TPSA) is 39.2 Å². The predicted molar refractivity (Wildman–Crippen MR) is 65.9 cm³/mol. The maximum Gasteiger partial charge on any atom is 0.219 e. The quantitative estimate of drug-likeness (QED) is 0.777. The second-order valence-corrected chi connectivity index (χ2v) is 3.98. The second kappa shape index (κ2) is 4.97. The highest BCUT2D eigenvalue weighted by Gasteiger charge is 2.03. The molecule has 86 valence electrons. The fourth-order valence-electron chi connectivity index (χ4n) is 1.35. The predicted octanol–water partition coefficient (Wildman–Crippen LogP) is 3.65. The van der Waals surface area contributed by atoms with E-state index in [-0.39, 0.29) is 0 Å². The van der Waals surface area contributed by atoms with Gasteiger partial charge in [0.05, 0.1) is 5.02 Å². The summed E-state index contributed by atoms with van der Waals surface area (Å²) in [4.78, 5) is 14.7. The smallest absolute Gasteiger partial charge is 0.219 e. The number of pyridine rings is 1. The fourth-order valence-corrected chi connectivity index (χ4v) is 1.57. The van der Waals surface area contributed by atoms with Crippen LogP contribution in [0, 0.1) is 6.92 Å². The minimum Gasteiger partial charge on any atom is -0.439 e. The largest absolute Gasteiger partial charge is 0.439 e. The Morgan fingerprint density at radius 2 is 2.12 bits per heavy atom. The SMILES string of the molecule is Cc1ccnc(Oc2ccc(C=O)c(Cl)c2)c1. The van der Waals surface area contributed by atoms with Gasteiger partial charge < -0.3 is 4.74 Å². The number of ether oxygens (including phenoxy) is 1. The highest BCUT2D eigenvalue weighted by molar-refractivity contribution is 6.33. The second-order valence-electron chi connectivity index (χ2n) is 3.57. The van der Waals surface area contributed by atoms with E-state index in [2.05, 4.69) is 4.98 Å². The van der Waals surface area contributed by atoms with Crippen LogP contribution in [-0.2, 0) is 0 Å².